The number of hydrogen-bond donors (Lipinski definition) is 2. The number of methoxy groups -OCH3 is 3. The number of nitrogens with one attached hydrogen (secondary N) is 2. The lowest BCUT2D eigenvalue weighted by Gasteiger charge is -2.12. The molecule has 2 heterocycles. The summed E-state index contributed by atoms with van der Waals surface area (Å²) in [6, 6.07) is 19.2. The molecule has 0 bridgehead atoms. The van der Waals surface area contributed by atoms with Crippen molar-refractivity contribution < 1.29 is 23.7 Å². The summed E-state index contributed by atoms with van der Waals surface area (Å²) in [6.45, 7) is 0. The van der Waals surface area contributed by atoms with E-state index in [-0.39, 0.29) is 0 Å². The largest absolute Gasteiger partial charge is 0.494 e. The molecule has 0 aliphatic heterocycles. The fourth-order valence-corrected chi connectivity index (χ4v) is 3.86. The number of hydrazone groups is 1. The zero-order valence-electron chi connectivity index (χ0n) is 21.9. The zero-order valence-corrected chi connectivity index (χ0v) is 21.9. The van der Waals surface area contributed by atoms with E-state index in [1.807, 2.05) is 30.3 Å². The molecule has 2 amide bonds. The van der Waals surface area contributed by atoms with Crippen LogP contribution in [-0.4, -0.2) is 53.6 Å². The van der Waals surface area contributed by atoms with Crippen molar-refractivity contribution in [2.24, 2.45) is 5.10 Å². The molecule has 3 aromatic carbocycles. The predicted octanol–water partition coefficient (Wildman–Crippen LogP) is 4.79. The van der Waals surface area contributed by atoms with E-state index in [0.717, 1.165) is 11.1 Å². The summed E-state index contributed by atoms with van der Waals surface area (Å²) >= 11 is 0. The Kier molecular flexibility index (Phi) is 7.67. The van der Waals surface area contributed by atoms with E-state index < -0.39 is 6.03 Å². The van der Waals surface area contributed by atoms with Gasteiger partial charge in [-0.3, -0.25) is 4.98 Å². The van der Waals surface area contributed by atoms with E-state index in [0.29, 0.717) is 45.6 Å². The van der Waals surface area contributed by atoms with Crippen molar-refractivity contribution in [1.29, 1.82) is 0 Å². The first-order chi connectivity index (χ1) is 19.6. The predicted molar refractivity (Wildman–Crippen MR) is 149 cm³/mol. The number of hydrogen-bond acceptors (Lipinski definition) is 9. The summed E-state index contributed by atoms with van der Waals surface area (Å²) < 4.78 is 23.7. The summed E-state index contributed by atoms with van der Waals surface area (Å²) in [4.78, 5) is 16.7. The number of fused-ring (bicyclic) bond motifs is 1. The van der Waals surface area contributed by atoms with Crippen LogP contribution < -0.4 is 29.7 Å². The van der Waals surface area contributed by atoms with E-state index >= 15 is 0 Å². The number of amides is 2. The number of benzene rings is 3. The first-order valence-electron chi connectivity index (χ1n) is 12.0. The van der Waals surface area contributed by atoms with Gasteiger partial charge in [0.2, 0.25) is 0 Å². The molecule has 0 aliphatic rings. The molecule has 0 spiro atoms. The number of aromatic nitrogens is 4. The van der Waals surface area contributed by atoms with Gasteiger partial charge in [-0.15, -0.1) is 5.10 Å². The summed E-state index contributed by atoms with van der Waals surface area (Å²) in [7, 11) is 4.73. The monoisotopic (exact) mass is 539 g/mol. The van der Waals surface area contributed by atoms with Gasteiger partial charge in [-0.05, 0) is 48.5 Å². The Hall–Kier alpha value is -5.65. The summed E-state index contributed by atoms with van der Waals surface area (Å²) in [6.07, 6.45) is 4.71. The number of urea groups is 1. The Morgan fingerprint density at radius 3 is 2.42 bits per heavy atom. The number of ether oxygens (including phenoxy) is 4. The Bertz CT molecular complexity index is 1670. The molecule has 2 N–H and O–H groups in total. The van der Waals surface area contributed by atoms with Crippen molar-refractivity contribution in [3.8, 4) is 34.4 Å². The molecule has 5 aromatic rings. The number of anilines is 1. The molecular formula is C28H25N7O5. The van der Waals surface area contributed by atoms with E-state index in [1.165, 1.54) is 6.21 Å². The fourth-order valence-electron chi connectivity index (χ4n) is 3.86. The highest BCUT2D eigenvalue weighted by atomic mass is 16.5. The smallest absolute Gasteiger partial charge is 0.339 e. The SMILES string of the molecule is COc1cc2nccc(Oc3ccc(NC(=O)N/N=C/c4cn(-c5ccccc5OC)nn4)cc3)c2cc1OC. The van der Waals surface area contributed by atoms with Gasteiger partial charge in [0, 0.05) is 23.3 Å². The minimum absolute atomic E-state index is 0.451. The number of pyridine rings is 1. The molecule has 40 heavy (non-hydrogen) atoms. The zero-order chi connectivity index (χ0) is 27.9. The maximum atomic E-state index is 12.3. The van der Waals surface area contributed by atoms with Gasteiger partial charge >= 0.3 is 6.03 Å². The summed E-state index contributed by atoms with van der Waals surface area (Å²) in [5, 5.41) is 15.5. The van der Waals surface area contributed by atoms with Gasteiger partial charge in [0.25, 0.3) is 0 Å². The maximum absolute atomic E-state index is 12.3. The highest BCUT2D eigenvalue weighted by Crippen LogP contribution is 2.37. The molecule has 12 nitrogen and oxygen atoms in total. The normalized spacial score (nSPS) is 10.9. The van der Waals surface area contributed by atoms with Crippen LogP contribution in [0.25, 0.3) is 16.6 Å². The van der Waals surface area contributed by atoms with Gasteiger partial charge in [0.05, 0.1) is 39.3 Å². The fraction of sp³-hybridized carbons (Fsp3) is 0.107. The van der Waals surface area contributed by atoms with Crippen LogP contribution in [-0.2, 0) is 0 Å². The van der Waals surface area contributed by atoms with Crippen molar-refractivity contribution in [2.75, 3.05) is 26.6 Å². The Morgan fingerprint density at radius 1 is 0.900 bits per heavy atom. The molecule has 2 aromatic heterocycles. The van der Waals surface area contributed by atoms with Gasteiger partial charge in [-0.25, -0.2) is 14.9 Å². The molecule has 0 aliphatic carbocycles. The lowest BCUT2D eigenvalue weighted by atomic mass is 10.2. The number of rotatable bonds is 9. The van der Waals surface area contributed by atoms with Crippen molar-refractivity contribution in [1.82, 2.24) is 25.4 Å². The number of nitrogens with zero attached hydrogens (tertiary/aromatic N) is 5. The van der Waals surface area contributed by atoms with Crippen LogP contribution >= 0.6 is 0 Å². The molecule has 0 saturated heterocycles. The topological polar surface area (TPSA) is 134 Å². The van der Waals surface area contributed by atoms with Crippen LogP contribution in [0.4, 0.5) is 10.5 Å². The third-order valence-corrected chi connectivity index (χ3v) is 5.75. The van der Waals surface area contributed by atoms with Gasteiger partial charge < -0.3 is 24.3 Å². The molecule has 0 unspecified atom stereocenters. The van der Waals surface area contributed by atoms with Gasteiger partial charge in [-0.1, -0.05) is 17.3 Å². The minimum Gasteiger partial charge on any atom is -0.494 e. The third-order valence-electron chi connectivity index (χ3n) is 5.75. The standard InChI is InChI=1S/C28H25N7O5/c1-37-25-7-5-4-6-23(25)35-17-19(32-34-35)16-30-33-28(36)31-18-8-10-20(11-9-18)40-24-12-13-29-22-15-27(39-3)26(38-2)14-21(22)24/h4-17H,1-3H3,(H2,31,33,36)/b30-16+. The Balaban J connectivity index is 1.19. The summed E-state index contributed by atoms with van der Waals surface area (Å²) in [5.74, 6) is 2.98. The van der Waals surface area contributed by atoms with Crippen LogP contribution in [0.15, 0.2) is 84.2 Å². The van der Waals surface area contributed by atoms with Gasteiger partial charge in [0.1, 0.15) is 28.6 Å². The van der Waals surface area contributed by atoms with Gasteiger partial charge in [0.15, 0.2) is 11.5 Å². The van der Waals surface area contributed by atoms with Crippen LogP contribution in [0.5, 0.6) is 28.7 Å². The molecule has 0 saturated carbocycles. The van der Waals surface area contributed by atoms with Crippen LogP contribution in [0, 0.1) is 0 Å². The van der Waals surface area contributed by atoms with E-state index in [4.69, 9.17) is 18.9 Å². The molecule has 0 atom stereocenters. The maximum Gasteiger partial charge on any atom is 0.339 e. The lowest BCUT2D eigenvalue weighted by molar-refractivity contribution is 0.252. The molecule has 0 radical (unpaired) electrons. The first kappa shape index (κ1) is 26.0. The third kappa shape index (κ3) is 5.75. The number of para-hydroxylation sites is 2. The quantitative estimate of drug-likeness (QED) is 0.202. The average molecular weight is 540 g/mol. The van der Waals surface area contributed by atoms with Crippen molar-refractivity contribution in [3.63, 3.8) is 0 Å². The molecule has 202 valence electrons. The molecule has 0 fully saturated rings. The minimum atomic E-state index is -0.525. The van der Waals surface area contributed by atoms with Crippen LogP contribution in [0.2, 0.25) is 0 Å². The van der Waals surface area contributed by atoms with Crippen LogP contribution in [0.1, 0.15) is 5.69 Å². The van der Waals surface area contributed by atoms with E-state index in [9.17, 15) is 4.79 Å². The van der Waals surface area contributed by atoms with E-state index in [1.54, 1.807) is 74.8 Å². The summed E-state index contributed by atoms with van der Waals surface area (Å²) in [5.41, 5.74) is 4.83. The number of carbonyl (C=O) groups excluding carboxylic acids is 1. The number of carbonyl (C=O) groups is 1. The van der Waals surface area contributed by atoms with Crippen molar-refractivity contribution >= 4 is 28.8 Å². The highest BCUT2D eigenvalue weighted by Gasteiger charge is 2.12. The molecular weight excluding hydrogens is 514 g/mol. The second-order valence-corrected chi connectivity index (χ2v) is 8.24. The highest BCUT2D eigenvalue weighted by molar-refractivity contribution is 5.90. The molecule has 12 heteroatoms. The first-order valence-corrected chi connectivity index (χ1v) is 12.0. The van der Waals surface area contributed by atoms with E-state index in [2.05, 4.69) is 31.1 Å². The van der Waals surface area contributed by atoms with Gasteiger partial charge in [-0.2, -0.15) is 5.10 Å². The average Bonchev–Trinajstić information content (AvgIpc) is 3.46. The second-order valence-electron chi connectivity index (χ2n) is 8.24. The van der Waals surface area contributed by atoms with Crippen molar-refractivity contribution in [2.45, 2.75) is 0 Å². The van der Waals surface area contributed by atoms with Crippen molar-refractivity contribution in [3.05, 3.63) is 84.8 Å². The Labute approximate surface area is 229 Å². The van der Waals surface area contributed by atoms with Crippen LogP contribution in [0.3, 0.4) is 0 Å². The lowest BCUT2D eigenvalue weighted by Crippen LogP contribution is -2.24. The Morgan fingerprint density at radius 2 is 1.65 bits per heavy atom. The second kappa shape index (κ2) is 11.8. The molecule has 5 rings (SSSR count).